The summed E-state index contributed by atoms with van der Waals surface area (Å²) in [5.41, 5.74) is 5.96. The minimum absolute atomic E-state index is 0.170. The van der Waals surface area contributed by atoms with Gasteiger partial charge in [0, 0.05) is 11.8 Å². The van der Waals surface area contributed by atoms with Gasteiger partial charge in [0.1, 0.15) is 13.2 Å². The van der Waals surface area contributed by atoms with E-state index in [1.165, 1.54) is 0 Å². The number of nitrogens with two attached hydrogens (primary N) is 1. The number of amides is 1. The third kappa shape index (κ3) is 3.18. The first-order valence-corrected chi connectivity index (χ1v) is 6.24. The highest BCUT2D eigenvalue weighted by Gasteiger charge is 2.24. The normalized spacial score (nSPS) is 14.3. The smallest absolute Gasteiger partial charge is 0.332 e. The van der Waals surface area contributed by atoms with E-state index in [4.69, 9.17) is 15.2 Å². The molecule has 0 saturated carbocycles. The number of hydrogen-bond acceptors (Lipinski definition) is 6. The molecule has 0 aliphatic carbocycles. The highest BCUT2D eigenvalue weighted by atomic mass is 16.6. The van der Waals surface area contributed by atoms with Crippen molar-refractivity contribution in [1.29, 1.82) is 0 Å². The van der Waals surface area contributed by atoms with Crippen LogP contribution in [-0.2, 0) is 14.3 Å². The second-order valence-electron chi connectivity index (χ2n) is 4.08. The molecule has 1 amide bonds. The fourth-order valence-corrected chi connectivity index (χ4v) is 1.68. The molecule has 7 heteroatoms. The van der Waals surface area contributed by atoms with Crippen molar-refractivity contribution < 1.29 is 23.8 Å². The molecule has 0 radical (unpaired) electrons. The van der Waals surface area contributed by atoms with Gasteiger partial charge in [-0.3, -0.25) is 4.79 Å². The van der Waals surface area contributed by atoms with Gasteiger partial charge in [-0.1, -0.05) is 0 Å². The van der Waals surface area contributed by atoms with Crippen molar-refractivity contribution in [2.45, 2.75) is 13.0 Å². The molecule has 108 valence electrons. The first-order valence-electron chi connectivity index (χ1n) is 6.24. The summed E-state index contributed by atoms with van der Waals surface area (Å²) >= 11 is 0. The van der Waals surface area contributed by atoms with Gasteiger partial charge in [0.2, 0.25) is 0 Å². The topological polar surface area (TPSA) is 99.9 Å². The van der Waals surface area contributed by atoms with Gasteiger partial charge in [-0.25, -0.2) is 4.79 Å². The average molecular weight is 280 g/mol. The van der Waals surface area contributed by atoms with Gasteiger partial charge >= 0.3 is 5.97 Å². The Hall–Kier alpha value is -2.28. The van der Waals surface area contributed by atoms with Crippen LogP contribution in [0.1, 0.15) is 6.92 Å². The van der Waals surface area contributed by atoms with Crippen LogP contribution in [0, 0.1) is 0 Å². The number of nitrogens with one attached hydrogen (secondary N) is 1. The molecule has 2 rings (SSSR count). The van der Waals surface area contributed by atoms with Crippen LogP contribution in [0.4, 0.5) is 5.69 Å². The third-order valence-corrected chi connectivity index (χ3v) is 2.63. The van der Waals surface area contributed by atoms with Crippen molar-refractivity contribution in [3.63, 3.8) is 0 Å². The standard InChI is InChI=1S/C13H16N2O5/c1-2-18-13(17)11(14)12(16)15-8-3-4-9-10(7-8)20-6-5-19-9/h3-4,7,11H,2,5-6,14H2,1H3,(H,15,16). The van der Waals surface area contributed by atoms with Crippen LogP contribution in [0.15, 0.2) is 18.2 Å². The van der Waals surface area contributed by atoms with Gasteiger partial charge in [-0.05, 0) is 19.1 Å². The summed E-state index contributed by atoms with van der Waals surface area (Å²) in [5.74, 6) is -0.245. The van der Waals surface area contributed by atoms with Crippen LogP contribution < -0.4 is 20.5 Å². The predicted molar refractivity (Wildman–Crippen MR) is 70.7 cm³/mol. The molecule has 7 nitrogen and oxygen atoms in total. The Morgan fingerprint density at radius 1 is 1.35 bits per heavy atom. The van der Waals surface area contributed by atoms with E-state index >= 15 is 0 Å². The second kappa shape index (κ2) is 6.25. The summed E-state index contributed by atoms with van der Waals surface area (Å²) in [6.07, 6.45) is 0. The molecule has 0 saturated heterocycles. The second-order valence-corrected chi connectivity index (χ2v) is 4.08. The summed E-state index contributed by atoms with van der Waals surface area (Å²) in [5, 5.41) is 2.53. The molecule has 0 aromatic heterocycles. The van der Waals surface area contributed by atoms with E-state index in [-0.39, 0.29) is 6.61 Å². The molecule has 1 unspecified atom stereocenters. The number of carbonyl (C=O) groups excluding carboxylic acids is 2. The molecule has 1 aromatic carbocycles. The van der Waals surface area contributed by atoms with Gasteiger partial charge in [0.15, 0.2) is 17.5 Å². The SMILES string of the molecule is CCOC(=O)C(N)C(=O)Nc1ccc2c(c1)OCCO2. The zero-order valence-electron chi connectivity index (χ0n) is 11.0. The largest absolute Gasteiger partial charge is 0.486 e. The van der Waals surface area contributed by atoms with Crippen molar-refractivity contribution in [3.05, 3.63) is 18.2 Å². The number of esters is 1. The van der Waals surface area contributed by atoms with Crippen LogP contribution >= 0.6 is 0 Å². The molecule has 1 heterocycles. The zero-order valence-corrected chi connectivity index (χ0v) is 11.0. The van der Waals surface area contributed by atoms with Crippen molar-refractivity contribution in [2.24, 2.45) is 5.73 Å². The quantitative estimate of drug-likeness (QED) is 0.607. The van der Waals surface area contributed by atoms with Crippen LogP contribution in [-0.4, -0.2) is 37.7 Å². The van der Waals surface area contributed by atoms with Crippen molar-refractivity contribution in [3.8, 4) is 11.5 Å². The number of rotatable bonds is 4. The van der Waals surface area contributed by atoms with Crippen LogP contribution in [0.2, 0.25) is 0 Å². The first-order chi connectivity index (χ1) is 9.61. The minimum Gasteiger partial charge on any atom is -0.486 e. The van der Waals surface area contributed by atoms with Crippen molar-refractivity contribution in [1.82, 2.24) is 0 Å². The predicted octanol–water partition coefficient (Wildman–Crippen LogP) is 0.287. The van der Waals surface area contributed by atoms with E-state index in [1.807, 2.05) is 0 Å². The number of benzene rings is 1. The van der Waals surface area contributed by atoms with Crippen LogP contribution in [0.5, 0.6) is 11.5 Å². The van der Waals surface area contributed by atoms with Gasteiger partial charge in [-0.15, -0.1) is 0 Å². The van der Waals surface area contributed by atoms with Crippen LogP contribution in [0.3, 0.4) is 0 Å². The maximum absolute atomic E-state index is 11.8. The Labute approximate surface area is 116 Å². The van der Waals surface area contributed by atoms with Crippen LogP contribution in [0.25, 0.3) is 0 Å². The Bertz CT molecular complexity index is 517. The lowest BCUT2D eigenvalue weighted by molar-refractivity contribution is -0.146. The van der Waals surface area contributed by atoms with Gasteiger partial charge in [-0.2, -0.15) is 0 Å². The molecule has 1 aromatic rings. The first kappa shape index (κ1) is 14.1. The number of fused-ring (bicyclic) bond motifs is 1. The monoisotopic (exact) mass is 280 g/mol. The maximum atomic E-state index is 11.8. The van der Waals surface area contributed by atoms with Gasteiger partial charge < -0.3 is 25.3 Å². The summed E-state index contributed by atoms with van der Waals surface area (Å²) in [4.78, 5) is 23.1. The number of anilines is 1. The summed E-state index contributed by atoms with van der Waals surface area (Å²) in [6.45, 7) is 2.76. The molecule has 0 spiro atoms. The Morgan fingerprint density at radius 2 is 2.05 bits per heavy atom. The number of carbonyl (C=O) groups is 2. The molecule has 0 fully saturated rings. The Kier molecular flexibility index (Phi) is 4.41. The molecule has 3 N–H and O–H groups in total. The van der Waals surface area contributed by atoms with Gasteiger partial charge in [0.05, 0.1) is 6.61 Å². The lowest BCUT2D eigenvalue weighted by atomic mass is 10.2. The fourth-order valence-electron chi connectivity index (χ4n) is 1.68. The van der Waals surface area contributed by atoms with E-state index in [0.717, 1.165) is 0 Å². The molecular formula is C13H16N2O5. The van der Waals surface area contributed by atoms with E-state index < -0.39 is 17.9 Å². The van der Waals surface area contributed by atoms with E-state index in [9.17, 15) is 9.59 Å². The summed E-state index contributed by atoms with van der Waals surface area (Å²) < 4.78 is 15.4. The highest BCUT2D eigenvalue weighted by molar-refractivity contribution is 6.08. The Morgan fingerprint density at radius 3 is 2.75 bits per heavy atom. The highest BCUT2D eigenvalue weighted by Crippen LogP contribution is 2.32. The van der Waals surface area contributed by atoms with E-state index in [1.54, 1.807) is 25.1 Å². The van der Waals surface area contributed by atoms with E-state index in [0.29, 0.717) is 30.4 Å². The number of hydrogen-bond donors (Lipinski definition) is 2. The molecule has 1 aliphatic rings. The van der Waals surface area contributed by atoms with E-state index in [2.05, 4.69) is 10.1 Å². The zero-order chi connectivity index (χ0) is 14.5. The minimum atomic E-state index is -1.36. The molecule has 1 atom stereocenters. The summed E-state index contributed by atoms with van der Waals surface area (Å²) in [6, 6.07) is 3.58. The fraction of sp³-hybridized carbons (Fsp3) is 0.385. The average Bonchev–Trinajstić information content (AvgIpc) is 2.46. The molecule has 1 aliphatic heterocycles. The van der Waals surface area contributed by atoms with Crippen molar-refractivity contribution in [2.75, 3.05) is 25.1 Å². The Balaban J connectivity index is 2.02. The molecule has 0 bridgehead atoms. The molecular weight excluding hydrogens is 264 g/mol. The lowest BCUT2D eigenvalue weighted by Crippen LogP contribution is -2.43. The summed E-state index contributed by atoms with van der Waals surface area (Å²) in [7, 11) is 0. The van der Waals surface area contributed by atoms with Crippen molar-refractivity contribution >= 4 is 17.6 Å². The molecule has 20 heavy (non-hydrogen) atoms. The van der Waals surface area contributed by atoms with Gasteiger partial charge in [0.25, 0.3) is 5.91 Å². The third-order valence-electron chi connectivity index (χ3n) is 2.63. The lowest BCUT2D eigenvalue weighted by Gasteiger charge is -2.19. The number of ether oxygens (including phenoxy) is 3. The maximum Gasteiger partial charge on any atom is 0.332 e.